The molecule has 1 N–H and O–H groups in total. The summed E-state index contributed by atoms with van der Waals surface area (Å²) in [6.45, 7) is 6.09. The molecule has 0 saturated carbocycles. The Labute approximate surface area is 187 Å². The number of amides is 1. The fourth-order valence-corrected chi connectivity index (χ4v) is 3.93. The summed E-state index contributed by atoms with van der Waals surface area (Å²) in [5, 5.41) is 7.77. The SMILES string of the molecule is Cc1cc(-c2cc(C(=O)NCC(Cc3ccccc3)N(C)C)c3c(C)noc3n2)c(C)o1. The number of nitrogens with one attached hydrogen (secondary N) is 1. The second kappa shape index (κ2) is 8.96. The van der Waals surface area contributed by atoms with Crippen molar-refractivity contribution < 1.29 is 13.7 Å². The lowest BCUT2D eigenvalue weighted by molar-refractivity contribution is 0.0943. The Hall–Kier alpha value is -3.45. The van der Waals surface area contributed by atoms with Gasteiger partial charge in [0.25, 0.3) is 11.6 Å². The van der Waals surface area contributed by atoms with Crippen LogP contribution in [0.1, 0.15) is 33.1 Å². The Morgan fingerprint density at radius 1 is 1.12 bits per heavy atom. The molecule has 0 aliphatic carbocycles. The molecular formula is C25H28N4O3. The van der Waals surface area contributed by atoms with E-state index >= 15 is 0 Å². The van der Waals surface area contributed by atoms with Crippen LogP contribution in [0.2, 0.25) is 0 Å². The fourth-order valence-electron chi connectivity index (χ4n) is 3.93. The summed E-state index contributed by atoms with van der Waals surface area (Å²) in [4.78, 5) is 20.0. The minimum Gasteiger partial charge on any atom is -0.466 e. The van der Waals surface area contributed by atoms with Gasteiger partial charge in [0, 0.05) is 18.2 Å². The molecule has 1 atom stereocenters. The summed E-state index contributed by atoms with van der Waals surface area (Å²) in [7, 11) is 4.05. The first-order valence-electron chi connectivity index (χ1n) is 10.7. The van der Waals surface area contributed by atoms with E-state index in [-0.39, 0.29) is 11.9 Å². The van der Waals surface area contributed by atoms with E-state index in [0.29, 0.717) is 34.6 Å². The van der Waals surface area contributed by atoms with Gasteiger partial charge in [0.2, 0.25) is 0 Å². The third-order valence-corrected chi connectivity index (χ3v) is 5.72. The predicted octanol–water partition coefficient (Wildman–Crippen LogP) is 4.31. The van der Waals surface area contributed by atoms with Crippen LogP contribution in [0.3, 0.4) is 0 Å². The molecule has 7 heteroatoms. The Kier molecular flexibility index (Phi) is 6.10. The zero-order valence-electron chi connectivity index (χ0n) is 19.1. The summed E-state index contributed by atoms with van der Waals surface area (Å²) in [6, 6.07) is 14.1. The minimum absolute atomic E-state index is 0.153. The molecular weight excluding hydrogens is 404 g/mol. The van der Waals surface area contributed by atoms with Crippen molar-refractivity contribution in [1.29, 1.82) is 0 Å². The average molecular weight is 433 g/mol. The van der Waals surface area contributed by atoms with E-state index in [4.69, 9.17) is 8.94 Å². The smallest absolute Gasteiger partial charge is 0.259 e. The first-order chi connectivity index (χ1) is 15.3. The van der Waals surface area contributed by atoms with Crippen LogP contribution in [-0.2, 0) is 6.42 Å². The second-order valence-electron chi connectivity index (χ2n) is 8.35. The van der Waals surface area contributed by atoms with Gasteiger partial charge < -0.3 is 19.2 Å². The van der Waals surface area contributed by atoms with E-state index in [1.807, 2.05) is 59.1 Å². The van der Waals surface area contributed by atoms with Gasteiger partial charge in [-0.15, -0.1) is 0 Å². The molecule has 4 rings (SSSR count). The normalized spacial score (nSPS) is 12.4. The Bertz CT molecular complexity index is 1240. The molecule has 0 fully saturated rings. The van der Waals surface area contributed by atoms with E-state index in [1.54, 1.807) is 6.07 Å². The van der Waals surface area contributed by atoms with Crippen molar-refractivity contribution in [3.8, 4) is 11.3 Å². The maximum atomic E-state index is 13.3. The summed E-state index contributed by atoms with van der Waals surface area (Å²) < 4.78 is 11.1. The molecule has 0 bridgehead atoms. The summed E-state index contributed by atoms with van der Waals surface area (Å²) in [5.41, 5.74) is 4.17. The average Bonchev–Trinajstić information content (AvgIpc) is 3.31. The number of rotatable bonds is 7. The molecule has 0 saturated heterocycles. The van der Waals surface area contributed by atoms with Gasteiger partial charge >= 0.3 is 0 Å². The van der Waals surface area contributed by atoms with Crippen LogP contribution in [0.15, 0.2) is 51.4 Å². The largest absolute Gasteiger partial charge is 0.466 e. The number of aryl methyl sites for hydroxylation is 3. The molecule has 0 aliphatic heterocycles. The van der Waals surface area contributed by atoms with E-state index < -0.39 is 0 Å². The number of likely N-dealkylation sites (N-methyl/N-ethyl adjacent to an activating group) is 1. The van der Waals surface area contributed by atoms with Crippen molar-refractivity contribution in [1.82, 2.24) is 20.4 Å². The van der Waals surface area contributed by atoms with E-state index in [9.17, 15) is 4.79 Å². The van der Waals surface area contributed by atoms with Gasteiger partial charge in [-0.3, -0.25) is 4.79 Å². The van der Waals surface area contributed by atoms with Crippen LogP contribution in [-0.4, -0.2) is 47.6 Å². The summed E-state index contributed by atoms with van der Waals surface area (Å²) >= 11 is 0. The molecule has 32 heavy (non-hydrogen) atoms. The predicted molar refractivity (Wildman–Crippen MR) is 124 cm³/mol. The van der Waals surface area contributed by atoms with Crippen LogP contribution >= 0.6 is 0 Å². The van der Waals surface area contributed by atoms with Crippen LogP contribution in [0.4, 0.5) is 0 Å². The maximum Gasteiger partial charge on any atom is 0.259 e. The van der Waals surface area contributed by atoms with Crippen LogP contribution in [0.5, 0.6) is 0 Å². The second-order valence-corrected chi connectivity index (χ2v) is 8.35. The number of nitrogens with zero attached hydrogens (tertiary/aromatic N) is 3. The first kappa shape index (κ1) is 21.8. The Morgan fingerprint density at radius 3 is 2.53 bits per heavy atom. The third-order valence-electron chi connectivity index (χ3n) is 5.72. The lowest BCUT2D eigenvalue weighted by atomic mass is 10.0. The number of pyridine rings is 1. The highest BCUT2D eigenvalue weighted by atomic mass is 16.5. The fraction of sp³-hybridized carbons (Fsp3) is 0.320. The van der Waals surface area contributed by atoms with Gasteiger partial charge in [-0.1, -0.05) is 35.5 Å². The Balaban J connectivity index is 1.62. The molecule has 7 nitrogen and oxygen atoms in total. The van der Waals surface area contributed by atoms with E-state index in [1.165, 1.54) is 5.56 Å². The standard InChI is InChI=1S/C25H28N4O3/c1-15-11-20(17(3)31-15)22-13-21(23-16(2)28-32-25(23)27-22)24(30)26-14-19(29(4)5)12-18-9-7-6-8-10-18/h6-11,13,19H,12,14H2,1-5H3,(H,26,30). The van der Waals surface area contributed by atoms with Gasteiger partial charge in [0.15, 0.2) is 0 Å². The van der Waals surface area contributed by atoms with Crippen LogP contribution in [0, 0.1) is 20.8 Å². The van der Waals surface area contributed by atoms with Gasteiger partial charge in [-0.2, -0.15) is 0 Å². The molecule has 3 heterocycles. The molecule has 1 aromatic carbocycles. The highest BCUT2D eigenvalue weighted by Gasteiger charge is 2.22. The number of aromatic nitrogens is 2. The quantitative estimate of drug-likeness (QED) is 0.468. The van der Waals surface area contributed by atoms with Crippen molar-refractivity contribution in [3.05, 3.63) is 70.8 Å². The number of hydrogen-bond acceptors (Lipinski definition) is 6. The molecule has 0 spiro atoms. The number of carbonyl (C=O) groups excluding carboxylic acids is 1. The van der Waals surface area contributed by atoms with Crippen molar-refractivity contribution in [2.75, 3.05) is 20.6 Å². The molecule has 3 aromatic heterocycles. The van der Waals surface area contributed by atoms with Crippen LogP contribution in [0.25, 0.3) is 22.4 Å². The maximum absolute atomic E-state index is 13.3. The first-order valence-corrected chi connectivity index (χ1v) is 10.7. The zero-order valence-corrected chi connectivity index (χ0v) is 19.1. The monoisotopic (exact) mass is 432 g/mol. The van der Waals surface area contributed by atoms with E-state index in [2.05, 4.69) is 32.5 Å². The van der Waals surface area contributed by atoms with Gasteiger partial charge in [0.05, 0.1) is 22.3 Å². The summed E-state index contributed by atoms with van der Waals surface area (Å²) in [6.07, 6.45) is 0.838. The highest BCUT2D eigenvalue weighted by molar-refractivity contribution is 6.07. The van der Waals surface area contributed by atoms with Crippen molar-refractivity contribution in [2.24, 2.45) is 0 Å². The lowest BCUT2D eigenvalue weighted by Gasteiger charge is -2.25. The summed E-state index contributed by atoms with van der Waals surface area (Å²) in [5.74, 6) is 1.35. The Morgan fingerprint density at radius 2 is 1.88 bits per heavy atom. The topological polar surface area (TPSA) is 84.4 Å². The zero-order chi connectivity index (χ0) is 22.8. The molecule has 4 aromatic rings. The molecule has 166 valence electrons. The van der Waals surface area contributed by atoms with Crippen molar-refractivity contribution >= 4 is 17.0 Å². The molecule has 0 radical (unpaired) electrons. The number of benzene rings is 1. The number of hydrogen-bond donors (Lipinski definition) is 1. The highest BCUT2D eigenvalue weighted by Crippen LogP contribution is 2.30. The van der Waals surface area contributed by atoms with Gasteiger partial charge in [-0.05, 0) is 59.0 Å². The number of furan rings is 1. The lowest BCUT2D eigenvalue weighted by Crippen LogP contribution is -2.41. The molecule has 0 aliphatic rings. The van der Waals surface area contributed by atoms with Crippen molar-refractivity contribution in [3.63, 3.8) is 0 Å². The molecule has 1 amide bonds. The van der Waals surface area contributed by atoms with Crippen LogP contribution < -0.4 is 5.32 Å². The van der Waals surface area contributed by atoms with E-state index in [0.717, 1.165) is 23.5 Å². The van der Waals surface area contributed by atoms with Gasteiger partial charge in [-0.25, -0.2) is 4.98 Å². The third kappa shape index (κ3) is 4.43. The number of carbonyl (C=O) groups is 1. The van der Waals surface area contributed by atoms with Crippen molar-refractivity contribution in [2.45, 2.75) is 33.2 Å². The van der Waals surface area contributed by atoms with Gasteiger partial charge in [0.1, 0.15) is 11.5 Å². The number of fused-ring (bicyclic) bond motifs is 1. The molecule has 1 unspecified atom stereocenters. The minimum atomic E-state index is -0.178.